The Balaban J connectivity index is 1.94. The molecule has 1 amide bonds. The second kappa shape index (κ2) is 4.37. The molecule has 2 unspecified atom stereocenters. The number of halogens is 1. The minimum Gasteiger partial charge on any atom is -0.349 e. The third kappa shape index (κ3) is 1.94. The van der Waals surface area contributed by atoms with Crippen LogP contribution in [-0.2, 0) is 4.79 Å². The fourth-order valence-corrected chi connectivity index (χ4v) is 2.49. The Morgan fingerprint density at radius 1 is 1.39 bits per heavy atom. The van der Waals surface area contributed by atoms with Crippen LogP contribution < -0.4 is 5.32 Å². The number of nitrogens with zero attached hydrogens (tertiary/aromatic N) is 1. The molecule has 1 aliphatic carbocycles. The van der Waals surface area contributed by atoms with Crippen molar-refractivity contribution in [2.75, 3.05) is 0 Å². The van der Waals surface area contributed by atoms with Gasteiger partial charge in [-0.25, -0.2) is 4.39 Å². The zero-order valence-electron chi connectivity index (χ0n) is 9.77. The molecule has 3 rings (SSSR count). The Labute approximate surface area is 104 Å². The van der Waals surface area contributed by atoms with Gasteiger partial charge >= 0.3 is 0 Å². The maximum absolute atomic E-state index is 14.0. The third-order valence-electron chi connectivity index (χ3n) is 3.43. The summed E-state index contributed by atoms with van der Waals surface area (Å²) in [6.07, 6.45) is 8.01. The van der Waals surface area contributed by atoms with Crippen LogP contribution in [0.2, 0.25) is 0 Å². The van der Waals surface area contributed by atoms with E-state index in [1.807, 2.05) is 12.1 Å². The van der Waals surface area contributed by atoms with Crippen molar-refractivity contribution in [3.8, 4) is 0 Å². The number of carbonyl (C=O) groups is 1. The van der Waals surface area contributed by atoms with Crippen LogP contribution in [-0.4, -0.2) is 16.9 Å². The van der Waals surface area contributed by atoms with Crippen LogP contribution >= 0.6 is 0 Å². The van der Waals surface area contributed by atoms with Gasteiger partial charge in [-0.15, -0.1) is 0 Å². The number of piperidine rings is 1. The number of fused-ring (bicyclic) bond motifs is 1. The van der Waals surface area contributed by atoms with E-state index in [2.05, 4.69) is 10.3 Å². The molecule has 92 valence electrons. The van der Waals surface area contributed by atoms with E-state index in [-0.39, 0.29) is 23.7 Å². The van der Waals surface area contributed by atoms with E-state index in [0.29, 0.717) is 12.0 Å². The van der Waals surface area contributed by atoms with Crippen molar-refractivity contribution in [3.63, 3.8) is 0 Å². The largest absolute Gasteiger partial charge is 0.349 e. The summed E-state index contributed by atoms with van der Waals surface area (Å²) in [5, 5.41) is 2.81. The number of rotatable bonds is 1. The van der Waals surface area contributed by atoms with Crippen LogP contribution in [0.5, 0.6) is 0 Å². The molecule has 1 aliphatic heterocycles. The molecule has 4 heteroatoms. The highest BCUT2D eigenvalue weighted by molar-refractivity contribution is 5.81. The number of nitrogens with one attached hydrogen (secondary N) is 1. The first-order valence-electron chi connectivity index (χ1n) is 6.03. The first-order valence-corrected chi connectivity index (χ1v) is 6.03. The topological polar surface area (TPSA) is 42.0 Å². The fourth-order valence-electron chi connectivity index (χ4n) is 2.49. The van der Waals surface area contributed by atoms with Crippen molar-refractivity contribution in [1.29, 1.82) is 0 Å². The quantitative estimate of drug-likeness (QED) is 0.823. The molecule has 1 N–H and O–H groups in total. The molecule has 1 saturated heterocycles. The van der Waals surface area contributed by atoms with Gasteiger partial charge in [-0.05, 0) is 18.6 Å². The van der Waals surface area contributed by atoms with Gasteiger partial charge < -0.3 is 5.32 Å². The average molecular weight is 244 g/mol. The predicted octanol–water partition coefficient (Wildman–Crippen LogP) is 2.23. The predicted molar refractivity (Wildman–Crippen MR) is 66.1 cm³/mol. The van der Waals surface area contributed by atoms with Crippen LogP contribution in [0.3, 0.4) is 0 Å². The van der Waals surface area contributed by atoms with Gasteiger partial charge in [-0.3, -0.25) is 9.78 Å². The summed E-state index contributed by atoms with van der Waals surface area (Å²) >= 11 is 0. The molecule has 3 nitrogen and oxygen atoms in total. The zero-order valence-corrected chi connectivity index (χ0v) is 9.77. The maximum Gasteiger partial charge on any atom is 0.220 e. The van der Waals surface area contributed by atoms with Gasteiger partial charge in [0.05, 0.1) is 6.04 Å². The molecule has 2 heterocycles. The van der Waals surface area contributed by atoms with Gasteiger partial charge in [0.2, 0.25) is 5.91 Å². The molecule has 0 spiro atoms. The molecule has 0 saturated carbocycles. The summed E-state index contributed by atoms with van der Waals surface area (Å²) in [6, 6.07) is 3.43. The lowest BCUT2D eigenvalue weighted by atomic mass is 9.83. The number of aromatic nitrogens is 1. The maximum atomic E-state index is 14.0. The normalized spacial score (nSPS) is 26.8. The molecule has 0 bridgehead atoms. The van der Waals surface area contributed by atoms with E-state index in [0.717, 1.165) is 12.0 Å². The van der Waals surface area contributed by atoms with Gasteiger partial charge in [0, 0.05) is 35.9 Å². The van der Waals surface area contributed by atoms with Crippen LogP contribution in [0.15, 0.2) is 42.5 Å². The zero-order chi connectivity index (χ0) is 12.5. The summed E-state index contributed by atoms with van der Waals surface area (Å²) in [4.78, 5) is 15.3. The van der Waals surface area contributed by atoms with E-state index in [1.165, 1.54) is 6.08 Å². The number of hydrogen-bond donors (Lipinski definition) is 1. The van der Waals surface area contributed by atoms with Crippen LogP contribution in [0.25, 0.3) is 5.57 Å². The van der Waals surface area contributed by atoms with E-state index >= 15 is 0 Å². The number of carbonyl (C=O) groups excluding carboxylic acids is 1. The van der Waals surface area contributed by atoms with E-state index < -0.39 is 0 Å². The molecular formula is C14H13FN2O. The lowest BCUT2D eigenvalue weighted by Crippen LogP contribution is -2.44. The fraction of sp³-hybridized carbons (Fsp3) is 0.286. The molecule has 1 aromatic rings. The second-order valence-corrected chi connectivity index (χ2v) is 4.63. The monoisotopic (exact) mass is 244 g/mol. The molecule has 0 radical (unpaired) electrons. The minimum atomic E-state index is -0.286. The average Bonchev–Trinajstić information content (AvgIpc) is 2.39. The van der Waals surface area contributed by atoms with Crippen LogP contribution in [0, 0.1) is 5.92 Å². The van der Waals surface area contributed by atoms with Gasteiger partial charge in [-0.1, -0.05) is 12.1 Å². The Bertz CT molecular complexity index is 536. The molecule has 1 fully saturated rings. The summed E-state index contributed by atoms with van der Waals surface area (Å²) in [5.41, 5.74) is 1.36. The van der Waals surface area contributed by atoms with E-state index in [9.17, 15) is 9.18 Å². The molecule has 1 aromatic heterocycles. The molecular weight excluding hydrogens is 231 g/mol. The van der Waals surface area contributed by atoms with Crippen LogP contribution in [0.1, 0.15) is 18.4 Å². The minimum absolute atomic E-state index is 0.00136. The Hall–Kier alpha value is -1.97. The van der Waals surface area contributed by atoms with Crippen molar-refractivity contribution in [2.24, 2.45) is 5.92 Å². The summed E-state index contributed by atoms with van der Waals surface area (Å²) < 4.78 is 14.0. The molecule has 2 atom stereocenters. The summed E-state index contributed by atoms with van der Waals surface area (Å²) in [6.45, 7) is 0. The molecule has 2 aliphatic rings. The lowest BCUT2D eigenvalue weighted by molar-refractivity contribution is -0.123. The first kappa shape index (κ1) is 11.1. The highest BCUT2D eigenvalue weighted by atomic mass is 19.1. The molecule has 0 aromatic carbocycles. The highest BCUT2D eigenvalue weighted by Crippen LogP contribution is 2.34. The van der Waals surface area contributed by atoms with E-state index in [1.54, 1.807) is 18.5 Å². The van der Waals surface area contributed by atoms with Gasteiger partial charge in [0.1, 0.15) is 5.83 Å². The van der Waals surface area contributed by atoms with Gasteiger partial charge in [0.15, 0.2) is 0 Å². The summed E-state index contributed by atoms with van der Waals surface area (Å²) in [5.74, 6) is -0.109. The van der Waals surface area contributed by atoms with Gasteiger partial charge in [-0.2, -0.15) is 0 Å². The summed E-state index contributed by atoms with van der Waals surface area (Å²) in [7, 11) is 0. The van der Waals surface area contributed by atoms with Crippen molar-refractivity contribution < 1.29 is 9.18 Å². The smallest absolute Gasteiger partial charge is 0.220 e. The SMILES string of the molecule is O=C1CCC2C=C(c3cccnc3)C(F)=CC2N1. The highest BCUT2D eigenvalue weighted by Gasteiger charge is 2.30. The number of pyridine rings is 1. The van der Waals surface area contributed by atoms with E-state index in [4.69, 9.17) is 0 Å². The first-order chi connectivity index (χ1) is 8.74. The second-order valence-electron chi connectivity index (χ2n) is 4.63. The number of allylic oxidation sites excluding steroid dienone is 2. The van der Waals surface area contributed by atoms with Gasteiger partial charge in [0.25, 0.3) is 0 Å². The van der Waals surface area contributed by atoms with Crippen molar-refractivity contribution in [3.05, 3.63) is 48.1 Å². The van der Waals surface area contributed by atoms with Crippen molar-refractivity contribution in [2.45, 2.75) is 18.9 Å². The van der Waals surface area contributed by atoms with Crippen molar-refractivity contribution >= 4 is 11.5 Å². The standard InChI is InChI=1S/C14H13FN2O/c15-12-7-13-9(3-4-14(18)17-13)6-11(12)10-2-1-5-16-8-10/h1-2,5-9,13H,3-4H2,(H,17,18). The third-order valence-corrected chi connectivity index (χ3v) is 3.43. The van der Waals surface area contributed by atoms with Crippen molar-refractivity contribution in [1.82, 2.24) is 10.3 Å². The molecule has 18 heavy (non-hydrogen) atoms. The lowest BCUT2D eigenvalue weighted by Gasteiger charge is -2.31. The number of hydrogen-bond acceptors (Lipinski definition) is 2. The Morgan fingerprint density at radius 3 is 3.06 bits per heavy atom. The Kier molecular flexibility index (Phi) is 2.70. The Morgan fingerprint density at radius 2 is 2.28 bits per heavy atom. The number of amides is 1. The van der Waals surface area contributed by atoms with Crippen LogP contribution in [0.4, 0.5) is 4.39 Å².